The first-order valence-electron chi connectivity index (χ1n) is 11.5. The van der Waals surface area contributed by atoms with Gasteiger partial charge < -0.3 is 5.32 Å². The van der Waals surface area contributed by atoms with Crippen LogP contribution in [0, 0.1) is 13.8 Å². The van der Waals surface area contributed by atoms with Crippen molar-refractivity contribution in [3.05, 3.63) is 111 Å². The maximum absolute atomic E-state index is 13.1. The topological polar surface area (TPSA) is 121 Å². The number of halogens is 3. The van der Waals surface area contributed by atoms with Crippen LogP contribution in [0.5, 0.6) is 0 Å². The van der Waals surface area contributed by atoms with Crippen LogP contribution in [-0.2, 0) is 20.0 Å². The van der Waals surface area contributed by atoms with Crippen LogP contribution in [0.3, 0.4) is 0 Å². The van der Waals surface area contributed by atoms with Crippen molar-refractivity contribution in [2.75, 3.05) is 14.8 Å². The molecule has 0 bridgehead atoms. The number of sulfonamides is 2. The molecule has 0 heterocycles. The number of hydrogen-bond acceptors (Lipinski definition) is 5. The van der Waals surface area contributed by atoms with E-state index in [4.69, 9.17) is 34.8 Å². The molecule has 8 nitrogen and oxygen atoms in total. The highest BCUT2D eigenvalue weighted by atomic mass is 35.5. The van der Waals surface area contributed by atoms with Gasteiger partial charge in [-0.2, -0.15) is 0 Å². The molecule has 0 aliphatic carbocycles. The van der Waals surface area contributed by atoms with Crippen molar-refractivity contribution in [3.8, 4) is 0 Å². The minimum atomic E-state index is -4.12. The molecule has 3 N–H and O–H groups in total. The summed E-state index contributed by atoms with van der Waals surface area (Å²) in [6.45, 7) is 3.60. The van der Waals surface area contributed by atoms with E-state index < -0.39 is 26.0 Å². The smallest absolute Gasteiger partial charge is 0.263 e. The number of carbonyl (C=O) groups excluding carboxylic acids is 1. The second kappa shape index (κ2) is 11.7. The van der Waals surface area contributed by atoms with Crippen LogP contribution in [0.15, 0.2) is 88.7 Å². The lowest BCUT2D eigenvalue weighted by Crippen LogP contribution is -2.17. The minimum Gasteiger partial charge on any atom is -0.322 e. The van der Waals surface area contributed by atoms with Crippen LogP contribution in [0.4, 0.5) is 17.1 Å². The largest absolute Gasteiger partial charge is 0.322 e. The van der Waals surface area contributed by atoms with Gasteiger partial charge in [-0.25, -0.2) is 16.8 Å². The summed E-state index contributed by atoms with van der Waals surface area (Å²) in [6, 6.07) is 18.9. The van der Waals surface area contributed by atoms with Crippen molar-refractivity contribution < 1.29 is 21.6 Å². The van der Waals surface area contributed by atoms with E-state index in [1.54, 1.807) is 19.1 Å². The van der Waals surface area contributed by atoms with Gasteiger partial charge in [0.2, 0.25) is 0 Å². The summed E-state index contributed by atoms with van der Waals surface area (Å²) in [5.41, 5.74) is 2.48. The van der Waals surface area contributed by atoms with E-state index in [0.29, 0.717) is 5.69 Å². The standard InChI is InChI=1S/C27H22Cl3N3O5S2/c1-16-3-4-17(2)25(11-16)33-40(37,38)26-12-18(5-10-24(26)30)27(34)31-21-6-8-23(9-7-21)39(35,36)32-22-14-19(28)13-20(29)15-22/h3-15,32-33H,1-2H3,(H,31,34). The average molecular weight is 639 g/mol. The Bertz CT molecular complexity index is 1810. The number of hydrogen-bond donors (Lipinski definition) is 3. The first-order chi connectivity index (χ1) is 18.7. The molecule has 0 aromatic heterocycles. The molecule has 0 saturated heterocycles. The molecule has 0 fully saturated rings. The van der Waals surface area contributed by atoms with Crippen molar-refractivity contribution in [3.63, 3.8) is 0 Å². The summed E-state index contributed by atoms with van der Waals surface area (Å²) in [4.78, 5) is 12.6. The summed E-state index contributed by atoms with van der Waals surface area (Å²) in [5.74, 6) is -0.623. The molecule has 4 aromatic rings. The second-order valence-corrected chi connectivity index (χ2v) is 13.4. The first-order valence-corrected chi connectivity index (χ1v) is 15.6. The highest BCUT2D eigenvalue weighted by molar-refractivity contribution is 7.93. The Labute approximate surface area is 247 Å². The predicted molar refractivity (Wildman–Crippen MR) is 160 cm³/mol. The van der Waals surface area contributed by atoms with Crippen molar-refractivity contribution in [1.82, 2.24) is 0 Å². The summed E-state index contributed by atoms with van der Waals surface area (Å²) in [5, 5.41) is 3.09. The molecule has 40 heavy (non-hydrogen) atoms. The number of anilines is 3. The lowest BCUT2D eigenvalue weighted by molar-refractivity contribution is 0.102. The molecular formula is C27H22Cl3N3O5S2. The summed E-state index contributed by atoms with van der Waals surface area (Å²) in [6.07, 6.45) is 0. The Kier molecular flexibility index (Phi) is 8.67. The molecule has 0 radical (unpaired) electrons. The lowest BCUT2D eigenvalue weighted by atomic mass is 10.1. The van der Waals surface area contributed by atoms with E-state index >= 15 is 0 Å². The van der Waals surface area contributed by atoms with E-state index in [2.05, 4.69) is 14.8 Å². The number of aryl methyl sites for hydroxylation is 2. The zero-order chi connectivity index (χ0) is 29.2. The van der Waals surface area contributed by atoms with Crippen LogP contribution < -0.4 is 14.8 Å². The lowest BCUT2D eigenvalue weighted by Gasteiger charge is -2.14. The van der Waals surface area contributed by atoms with Gasteiger partial charge in [0.15, 0.2) is 0 Å². The molecule has 1 amide bonds. The summed E-state index contributed by atoms with van der Waals surface area (Å²) < 4.78 is 56.6. The second-order valence-electron chi connectivity index (χ2n) is 8.81. The Hall–Kier alpha value is -3.28. The molecule has 0 aliphatic heterocycles. The Morgan fingerprint density at radius 3 is 1.98 bits per heavy atom. The van der Waals surface area contributed by atoms with E-state index in [0.717, 1.165) is 11.1 Å². The van der Waals surface area contributed by atoms with Gasteiger partial charge in [-0.05, 0) is 91.7 Å². The van der Waals surface area contributed by atoms with Crippen LogP contribution in [0.2, 0.25) is 15.1 Å². The third-order valence-electron chi connectivity index (χ3n) is 5.66. The fourth-order valence-corrected chi connectivity index (χ4v) is 6.86. The van der Waals surface area contributed by atoms with Crippen molar-refractivity contribution in [1.29, 1.82) is 0 Å². The third-order valence-corrected chi connectivity index (χ3v) is 9.34. The SMILES string of the molecule is Cc1ccc(C)c(NS(=O)(=O)c2cc(C(=O)Nc3ccc(S(=O)(=O)Nc4cc(Cl)cc(Cl)c4)cc3)ccc2Cl)c1. The zero-order valence-electron chi connectivity index (χ0n) is 21.0. The van der Waals surface area contributed by atoms with Gasteiger partial charge in [0.1, 0.15) is 4.90 Å². The summed E-state index contributed by atoms with van der Waals surface area (Å²) >= 11 is 18.1. The molecule has 4 rings (SSSR count). The highest BCUT2D eigenvalue weighted by Crippen LogP contribution is 2.28. The number of amides is 1. The van der Waals surface area contributed by atoms with Gasteiger partial charge in [-0.1, -0.05) is 46.9 Å². The molecule has 4 aromatic carbocycles. The summed E-state index contributed by atoms with van der Waals surface area (Å²) in [7, 11) is -8.09. The monoisotopic (exact) mass is 637 g/mol. The van der Waals surface area contributed by atoms with Gasteiger partial charge in [0, 0.05) is 21.3 Å². The normalized spacial score (nSPS) is 11.6. The van der Waals surface area contributed by atoms with E-state index in [1.165, 1.54) is 60.7 Å². The van der Waals surface area contributed by atoms with Crippen LogP contribution in [0.1, 0.15) is 21.5 Å². The van der Waals surface area contributed by atoms with Gasteiger partial charge in [0.25, 0.3) is 26.0 Å². The fraction of sp³-hybridized carbons (Fsp3) is 0.0741. The average Bonchev–Trinajstić information content (AvgIpc) is 2.85. The molecule has 0 saturated carbocycles. The zero-order valence-corrected chi connectivity index (χ0v) is 24.9. The van der Waals surface area contributed by atoms with E-state index in [1.807, 2.05) is 13.0 Å². The molecule has 0 spiro atoms. The molecule has 0 aliphatic rings. The van der Waals surface area contributed by atoms with Gasteiger partial charge >= 0.3 is 0 Å². The van der Waals surface area contributed by atoms with Gasteiger partial charge in [-0.3, -0.25) is 14.2 Å². The van der Waals surface area contributed by atoms with Crippen molar-refractivity contribution in [2.24, 2.45) is 0 Å². The quantitative estimate of drug-likeness (QED) is 0.190. The maximum atomic E-state index is 13.1. The van der Waals surface area contributed by atoms with Crippen LogP contribution in [-0.4, -0.2) is 22.7 Å². The third kappa shape index (κ3) is 7.07. The number of rotatable bonds is 8. The number of carbonyl (C=O) groups is 1. The minimum absolute atomic E-state index is 0.0296. The van der Waals surface area contributed by atoms with Crippen molar-refractivity contribution in [2.45, 2.75) is 23.6 Å². The Balaban J connectivity index is 1.51. The fourth-order valence-electron chi connectivity index (χ4n) is 3.64. The Morgan fingerprint density at radius 2 is 1.32 bits per heavy atom. The molecular weight excluding hydrogens is 617 g/mol. The van der Waals surface area contributed by atoms with E-state index in [9.17, 15) is 21.6 Å². The first kappa shape index (κ1) is 29.7. The maximum Gasteiger partial charge on any atom is 0.263 e. The number of benzene rings is 4. The van der Waals surface area contributed by atoms with Gasteiger partial charge in [0.05, 0.1) is 21.3 Å². The van der Waals surface area contributed by atoms with Gasteiger partial charge in [-0.15, -0.1) is 0 Å². The molecule has 208 valence electrons. The number of nitrogens with one attached hydrogen (secondary N) is 3. The van der Waals surface area contributed by atoms with Crippen molar-refractivity contribution >= 4 is 77.8 Å². The Morgan fingerprint density at radius 1 is 0.675 bits per heavy atom. The highest BCUT2D eigenvalue weighted by Gasteiger charge is 2.22. The van der Waals surface area contributed by atoms with E-state index in [-0.39, 0.29) is 41.8 Å². The molecule has 13 heteroatoms. The predicted octanol–water partition coefficient (Wildman–Crippen LogP) is 7.12. The van der Waals surface area contributed by atoms with Crippen LogP contribution >= 0.6 is 34.8 Å². The molecule has 0 unspecified atom stereocenters. The van der Waals surface area contributed by atoms with Crippen LogP contribution in [0.25, 0.3) is 0 Å². The molecule has 0 atom stereocenters.